The number of benzene rings is 3. The van der Waals surface area contributed by atoms with E-state index >= 15 is 0 Å². The maximum atomic E-state index is 13.4. The lowest BCUT2D eigenvalue weighted by atomic mass is 9.90. The monoisotopic (exact) mass is 402 g/mol. The largest absolute Gasteiger partial charge is 0.273 e. The lowest BCUT2D eigenvalue weighted by Crippen LogP contribution is -2.37. The average Bonchev–Trinajstić information content (AvgIpc) is 3.27. The van der Waals surface area contributed by atoms with Crippen LogP contribution < -0.4 is 9.96 Å². The van der Waals surface area contributed by atoms with Gasteiger partial charge in [-0.2, -0.15) is 0 Å². The van der Waals surface area contributed by atoms with E-state index < -0.39 is 29.8 Å². The number of hydrogen-bond donors (Lipinski definition) is 0. The Morgan fingerprint density at radius 3 is 2.13 bits per heavy atom. The Morgan fingerprint density at radius 2 is 1.47 bits per heavy atom. The smallest absolute Gasteiger partial charge is 0.266 e. The molecule has 0 unspecified atom stereocenters. The van der Waals surface area contributed by atoms with Gasteiger partial charge < -0.3 is 0 Å². The number of halogens is 1. The molecule has 3 aromatic carbocycles. The predicted molar refractivity (Wildman–Crippen MR) is 110 cm³/mol. The Hall–Kier alpha value is -3.51. The van der Waals surface area contributed by atoms with E-state index in [2.05, 4.69) is 0 Å². The molecule has 2 fully saturated rings. The zero-order valence-corrected chi connectivity index (χ0v) is 16.2. The van der Waals surface area contributed by atoms with E-state index in [4.69, 9.17) is 4.84 Å². The van der Waals surface area contributed by atoms with E-state index in [-0.39, 0.29) is 5.91 Å². The molecule has 2 aliphatic heterocycles. The maximum Gasteiger partial charge on any atom is 0.266 e. The third-order valence-corrected chi connectivity index (χ3v) is 5.63. The highest BCUT2D eigenvalue weighted by atomic mass is 19.1. The zero-order valence-electron chi connectivity index (χ0n) is 16.2. The topological polar surface area (TPSA) is 49.9 Å². The molecule has 0 radical (unpaired) electrons. The van der Waals surface area contributed by atoms with Crippen LogP contribution in [0.4, 0.5) is 15.8 Å². The van der Waals surface area contributed by atoms with Gasteiger partial charge in [-0.1, -0.05) is 48.0 Å². The summed E-state index contributed by atoms with van der Waals surface area (Å²) in [4.78, 5) is 33.7. The van der Waals surface area contributed by atoms with Crippen LogP contribution in [-0.4, -0.2) is 17.9 Å². The van der Waals surface area contributed by atoms with Gasteiger partial charge in [0.15, 0.2) is 6.10 Å². The minimum Gasteiger partial charge on any atom is -0.273 e. The van der Waals surface area contributed by atoms with E-state index in [1.807, 2.05) is 61.5 Å². The lowest BCUT2D eigenvalue weighted by Gasteiger charge is -2.28. The first-order chi connectivity index (χ1) is 14.5. The van der Waals surface area contributed by atoms with Crippen molar-refractivity contribution >= 4 is 23.2 Å². The normalized spacial score (nSPS) is 23.2. The van der Waals surface area contributed by atoms with E-state index in [1.54, 1.807) is 5.06 Å². The molecule has 6 heteroatoms. The number of amides is 2. The van der Waals surface area contributed by atoms with E-state index in [1.165, 1.54) is 24.3 Å². The fraction of sp³-hybridized carbons (Fsp3) is 0.167. The van der Waals surface area contributed by atoms with Crippen molar-refractivity contribution in [3.63, 3.8) is 0 Å². The molecule has 0 N–H and O–H groups in total. The van der Waals surface area contributed by atoms with Crippen LogP contribution in [0.3, 0.4) is 0 Å². The summed E-state index contributed by atoms with van der Waals surface area (Å²) in [5.41, 5.74) is 3.10. The van der Waals surface area contributed by atoms with Gasteiger partial charge in [0.25, 0.3) is 5.91 Å². The average molecular weight is 402 g/mol. The number of carbonyl (C=O) groups is 2. The Morgan fingerprint density at radius 1 is 0.800 bits per heavy atom. The molecule has 5 nitrogen and oxygen atoms in total. The molecule has 0 bridgehead atoms. The second-order valence-electron chi connectivity index (χ2n) is 7.56. The van der Waals surface area contributed by atoms with Gasteiger partial charge in [0, 0.05) is 0 Å². The van der Waals surface area contributed by atoms with Crippen molar-refractivity contribution in [1.82, 2.24) is 0 Å². The molecule has 0 spiro atoms. The molecule has 2 saturated heterocycles. The summed E-state index contributed by atoms with van der Waals surface area (Å²) < 4.78 is 13.3. The molecule has 150 valence electrons. The van der Waals surface area contributed by atoms with Crippen molar-refractivity contribution in [1.29, 1.82) is 0 Å². The van der Waals surface area contributed by atoms with E-state index in [0.717, 1.165) is 21.7 Å². The van der Waals surface area contributed by atoms with Gasteiger partial charge in [-0.3, -0.25) is 14.4 Å². The van der Waals surface area contributed by atoms with E-state index in [0.29, 0.717) is 5.69 Å². The number of imide groups is 1. The molecule has 0 saturated carbocycles. The SMILES string of the molecule is Cc1ccc([C@@H]2[C@@H]3C(=O)N(c4ccc(F)cc4)C(=O)[C@H]3ON2c2ccccc2)cc1. The molecule has 2 heterocycles. The number of anilines is 2. The molecule has 3 aromatic rings. The lowest BCUT2D eigenvalue weighted by molar-refractivity contribution is -0.126. The van der Waals surface area contributed by atoms with Crippen molar-refractivity contribution < 1.29 is 18.8 Å². The summed E-state index contributed by atoms with van der Waals surface area (Å²) in [6.07, 6.45) is -0.936. The minimum absolute atomic E-state index is 0.346. The van der Waals surface area contributed by atoms with Gasteiger partial charge in [0.2, 0.25) is 5.91 Å². The van der Waals surface area contributed by atoms with Crippen molar-refractivity contribution in [3.8, 4) is 0 Å². The number of para-hydroxylation sites is 1. The molecule has 5 rings (SSSR count). The predicted octanol–water partition coefficient (Wildman–Crippen LogP) is 4.19. The molecule has 3 atom stereocenters. The number of fused-ring (bicyclic) bond motifs is 1. The Labute approximate surface area is 173 Å². The van der Waals surface area contributed by atoms with Crippen molar-refractivity contribution in [2.75, 3.05) is 9.96 Å². The molecule has 2 amide bonds. The standard InChI is InChI=1S/C24H19FN2O3/c1-15-7-9-16(10-8-15)21-20-22(30-27(21)19-5-3-2-4-6-19)24(29)26(23(20)28)18-13-11-17(25)12-14-18/h2-14,20-22H,1H3/t20-,21+,22-/m0/s1. The highest BCUT2D eigenvalue weighted by molar-refractivity contribution is 6.23. The van der Waals surface area contributed by atoms with Gasteiger partial charge in [0.1, 0.15) is 11.7 Å². The van der Waals surface area contributed by atoms with Gasteiger partial charge in [0.05, 0.1) is 17.4 Å². The third-order valence-electron chi connectivity index (χ3n) is 5.63. The summed E-state index contributed by atoms with van der Waals surface area (Å²) in [7, 11) is 0. The molecule has 30 heavy (non-hydrogen) atoms. The first kappa shape index (κ1) is 18.5. The summed E-state index contributed by atoms with van der Waals surface area (Å²) in [6, 6.07) is 22.2. The van der Waals surface area contributed by atoms with Gasteiger partial charge in [-0.05, 0) is 48.9 Å². The van der Waals surface area contributed by atoms with Crippen LogP contribution in [0, 0.1) is 18.7 Å². The van der Waals surface area contributed by atoms with Crippen molar-refractivity contribution in [2.45, 2.75) is 19.1 Å². The van der Waals surface area contributed by atoms with Crippen LogP contribution in [0.5, 0.6) is 0 Å². The van der Waals surface area contributed by atoms with Crippen LogP contribution in [0.2, 0.25) is 0 Å². The van der Waals surface area contributed by atoms with Crippen LogP contribution in [0.25, 0.3) is 0 Å². The van der Waals surface area contributed by atoms with E-state index in [9.17, 15) is 14.0 Å². The minimum atomic E-state index is -0.936. The summed E-state index contributed by atoms with van der Waals surface area (Å²) >= 11 is 0. The molecular weight excluding hydrogens is 383 g/mol. The number of nitrogens with zero attached hydrogens (tertiary/aromatic N) is 2. The molecular formula is C24H19FN2O3. The second kappa shape index (κ2) is 7.07. The second-order valence-corrected chi connectivity index (χ2v) is 7.56. The molecule has 0 aliphatic carbocycles. The Kier molecular flexibility index (Phi) is 4.37. The molecule has 2 aliphatic rings. The highest BCUT2D eigenvalue weighted by Crippen LogP contribution is 2.47. The number of aryl methyl sites for hydroxylation is 1. The quantitative estimate of drug-likeness (QED) is 0.617. The summed E-state index contributed by atoms with van der Waals surface area (Å²) in [5, 5.41) is 1.66. The van der Waals surface area contributed by atoms with Crippen LogP contribution in [0.15, 0.2) is 78.9 Å². The Bertz CT molecular complexity index is 1100. The highest BCUT2D eigenvalue weighted by Gasteiger charge is 2.60. The number of rotatable bonds is 3. The zero-order chi connectivity index (χ0) is 20.8. The first-order valence-corrected chi connectivity index (χ1v) is 9.75. The summed E-state index contributed by atoms with van der Waals surface area (Å²) in [5.74, 6) is -1.92. The van der Waals surface area contributed by atoms with Gasteiger partial charge in [-0.25, -0.2) is 14.4 Å². The van der Waals surface area contributed by atoms with Crippen molar-refractivity contribution in [3.05, 3.63) is 95.8 Å². The third kappa shape index (κ3) is 2.88. The number of hydrogen-bond acceptors (Lipinski definition) is 4. The number of carbonyl (C=O) groups excluding carboxylic acids is 2. The maximum absolute atomic E-state index is 13.4. The fourth-order valence-corrected chi connectivity index (χ4v) is 4.16. The Balaban J connectivity index is 1.58. The molecule has 0 aromatic heterocycles. The number of hydroxylamine groups is 1. The first-order valence-electron chi connectivity index (χ1n) is 9.75. The van der Waals surface area contributed by atoms with Gasteiger partial charge in [-0.15, -0.1) is 0 Å². The van der Waals surface area contributed by atoms with Crippen LogP contribution in [-0.2, 0) is 14.4 Å². The van der Waals surface area contributed by atoms with Crippen LogP contribution >= 0.6 is 0 Å². The van der Waals surface area contributed by atoms with Crippen molar-refractivity contribution in [2.24, 2.45) is 5.92 Å². The van der Waals surface area contributed by atoms with Gasteiger partial charge >= 0.3 is 0 Å². The fourth-order valence-electron chi connectivity index (χ4n) is 4.16. The summed E-state index contributed by atoms with van der Waals surface area (Å²) in [6.45, 7) is 1.99. The van der Waals surface area contributed by atoms with Crippen LogP contribution in [0.1, 0.15) is 17.2 Å².